The minimum absolute atomic E-state index is 0.0813. The van der Waals surface area contributed by atoms with E-state index in [1.165, 1.54) is 13.2 Å². The molecule has 0 fully saturated rings. The van der Waals surface area contributed by atoms with Crippen LogP contribution in [0.2, 0.25) is 0 Å². The molecule has 5 nitrogen and oxygen atoms in total. The van der Waals surface area contributed by atoms with Gasteiger partial charge in [-0.25, -0.2) is 13.2 Å². The van der Waals surface area contributed by atoms with Crippen molar-refractivity contribution in [2.45, 2.75) is 6.04 Å². The first kappa shape index (κ1) is 9.05. The number of carbonyl (C=O) groups excluding carboxylic acids is 1. The monoisotopic (exact) mass is 191 g/mol. The van der Waals surface area contributed by atoms with Gasteiger partial charge in [-0.3, -0.25) is 0 Å². The maximum Gasteiger partial charge on any atom is 0.407 e. The number of sulfone groups is 1. The van der Waals surface area contributed by atoms with E-state index in [0.29, 0.717) is 0 Å². The van der Waals surface area contributed by atoms with Crippen LogP contribution in [0.5, 0.6) is 0 Å². The standard InChI is InChI=1S/C6H9NO4S/c1-11-6(8)7-5-2-3-12(9,10)4-5/h2-3,5H,4H2,1H3,(H,7,8)/t5-/m0/s1. The summed E-state index contributed by atoms with van der Waals surface area (Å²) < 4.78 is 26.0. The Morgan fingerprint density at radius 2 is 2.33 bits per heavy atom. The van der Waals surface area contributed by atoms with Gasteiger partial charge < -0.3 is 10.1 Å². The molecule has 68 valence electrons. The van der Waals surface area contributed by atoms with Gasteiger partial charge in [0.25, 0.3) is 0 Å². The van der Waals surface area contributed by atoms with E-state index in [-0.39, 0.29) is 5.75 Å². The minimum Gasteiger partial charge on any atom is -0.453 e. The molecule has 1 atom stereocenters. The molecule has 1 aliphatic heterocycles. The van der Waals surface area contributed by atoms with Crippen molar-refractivity contribution in [3.05, 3.63) is 11.5 Å². The number of hydrogen-bond acceptors (Lipinski definition) is 4. The SMILES string of the molecule is COC(=O)N[C@H]1C=CS(=O)(=O)C1. The summed E-state index contributed by atoms with van der Waals surface area (Å²) in [6.07, 6.45) is 0.799. The van der Waals surface area contributed by atoms with Crippen LogP contribution in [0.1, 0.15) is 0 Å². The molecular weight excluding hydrogens is 182 g/mol. The second-order valence-electron chi connectivity index (χ2n) is 2.40. The Labute approximate surface area is 70.3 Å². The van der Waals surface area contributed by atoms with Crippen molar-refractivity contribution >= 4 is 15.9 Å². The normalized spacial score (nSPS) is 25.2. The Morgan fingerprint density at radius 3 is 2.75 bits per heavy atom. The van der Waals surface area contributed by atoms with Crippen LogP contribution >= 0.6 is 0 Å². The van der Waals surface area contributed by atoms with E-state index >= 15 is 0 Å². The maximum absolute atomic E-state index is 10.8. The third kappa shape index (κ3) is 2.23. The lowest BCUT2D eigenvalue weighted by molar-refractivity contribution is 0.169. The van der Waals surface area contributed by atoms with E-state index in [2.05, 4.69) is 10.1 Å². The molecule has 1 heterocycles. The molecule has 0 aromatic heterocycles. The van der Waals surface area contributed by atoms with Gasteiger partial charge in [-0.1, -0.05) is 0 Å². The fourth-order valence-corrected chi connectivity index (χ4v) is 2.11. The molecule has 0 saturated heterocycles. The number of methoxy groups -OCH3 is 1. The Morgan fingerprint density at radius 1 is 1.67 bits per heavy atom. The highest BCUT2D eigenvalue weighted by atomic mass is 32.2. The van der Waals surface area contributed by atoms with Gasteiger partial charge in [-0.2, -0.15) is 0 Å². The van der Waals surface area contributed by atoms with Gasteiger partial charge in [0.1, 0.15) is 0 Å². The molecule has 0 radical (unpaired) electrons. The van der Waals surface area contributed by atoms with Gasteiger partial charge in [-0.05, 0) is 6.08 Å². The fourth-order valence-electron chi connectivity index (χ4n) is 0.876. The molecule has 1 rings (SSSR count). The first-order valence-corrected chi connectivity index (χ1v) is 5.00. The third-order valence-electron chi connectivity index (χ3n) is 1.42. The first-order chi connectivity index (χ1) is 5.53. The van der Waals surface area contributed by atoms with Crippen molar-refractivity contribution in [1.82, 2.24) is 5.32 Å². The summed E-state index contributed by atoms with van der Waals surface area (Å²) in [7, 11) is -1.88. The highest BCUT2D eigenvalue weighted by Crippen LogP contribution is 2.07. The fraction of sp³-hybridized carbons (Fsp3) is 0.500. The van der Waals surface area contributed by atoms with Gasteiger partial charge >= 0.3 is 6.09 Å². The molecule has 6 heteroatoms. The van der Waals surface area contributed by atoms with Crippen LogP contribution in [0.25, 0.3) is 0 Å². The lowest BCUT2D eigenvalue weighted by Gasteiger charge is -2.07. The Bertz CT molecular complexity index is 306. The quantitative estimate of drug-likeness (QED) is 0.615. The van der Waals surface area contributed by atoms with E-state index in [4.69, 9.17) is 0 Å². The Hall–Kier alpha value is -1.04. The van der Waals surface area contributed by atoms with Crippen molar-refractivity contribution in [1.29, 1.82) is 0 Å². The van der Waals surface area contributed by atoms with Crippen LogP contribution in [0, 0.1) is 0 Å². The summed E-state index contributed by atoms with van der Waals surface area (Å²) in [4.78, 5) is 10.6. The van der Waals surface area contributed by atoms with E-state index < -0.39 is 22.0 Å². The second-order valence-corrected chi connectivity index (χ2v) is 4.33. The topological polar surface area (TPSA) is 72.5 Å². The second kappa shape index (κ2) is 3.14. The van der Waals surface area contributed by atoms with E-state index in [9.17, 15) is 13.2 Å². The summed E-state index contributed by atoms with van der Waals surface area (Å²) in [5, 5.41) is 3.45. The number of ether oxygens (including phenoxy) is 1. The van der Waals surface area contributed by atoms with Crippen LogP contribution in [-0.2, 0) is 14.6 Å². The third-order valence-corrected chi connectivity index (χ3v) is 2.81. The molecule has 12 heavy (non-hydrogen) atoms. The van der Waals surface area contributed by atoms with Crippen molar-refractivity contribution in [2.75, 3.05) is 12.9 Å². The van der Waals surface area contributed by atoms with Crippen LogP contribution in [-0.4, -0.2) is 33.4 Å². The molecule has 0 aromatic carbocycles. The average Bonchev–Trinajstić information content (AvgIpc) is 2.30. The zero-order valence-corrected chi connectivity index (χ0v) is 7.30. The highest BCUT2D eigenvalue weighted by Gasteiger charge is 2.22. The van der Waals surface area contributed by atoms with Crippen molar-refractivity contribution in [3.63, 3.8) is 0 Å². The predicted molar refractivity (Wildman–Crippen MR) is 42.3 cm³/mol. The predicted octanol–water partition coefficient (Wildman–Crippen LogP) is -0.347. The number of rotatable bonds is 1. The van der Waals surface area contributed by atoms with E-state index in [0.717, 1.165) is 5.41 Å². The summed E-state index contributed by atoms with van der Waals surface area (Å²) in [6, 6.07) is -0.456. The number of hydrogen-bond donors (Lipinski definition) is 1. The van der Waals surface area contributed by atoms with Gasteiger partial charge in [0, 0.05) is 5.41 Å². The van der Waals surface area contributed by atoms with Gasteiger partial charge in [0.05, 0.1) is 18.9 Å². The van der Waals surface area contributed by atoms with Crippen molar-refractivity contribution in [3.8, 4) is 0 Å². The van der Waals surface area contributed by atoms with Crippen LogP contribution in [0.4, 0.5) is 4.79 Å². The lowest BCUT2D eigenvalue weighted by Crippen LogP contribution is -2.35. The van der Waals surface area contributed by atoms with Crippen LogP contribution in [0.3, 0.4) is 0 Å². The van der Waals surface area contributed by atoms with Gasteiger partial charge in [0.15, 0.2) is 9.84 Å². The summed E-state index contributed by atoms with van der Waals surface area (Å²) >= 11 is 0. The summed E-state index contributed by atoms with van der Waals surface area (Å²) in [5.41, 5.74) is 0. The molecular formula is C6H9NO4S. The van der Waals surface area contributed by atoms with Gasteiger partial charge in [-0.15, -0.1) is 0 Å². The molecule has 1 N–H and O–H groups in total. The number of nitrogens with one attached hydrogen (secondary N) is 1. The van der Waals surface area contributed by atoms with E-state index in [1.54, 1.807) is 0 Å². The molecule has 1 aliphatic rings. The molecule has 0 unspecified atom stereocenters. The molecule has 0 bridgehead atoms. The smallest absolute Gasteiger partial charge is 0.407 e. The van der Waals surface area contributed by atoms with Crippen LogP contribution in [0.15, 0.2) is 11.5 Å². The highest BCUT2D eigenvalue weighted by molar-refractivity contribution is 7.94. The largest absolute Gasteiger partial charge is 0.453 e. The number of amides is 1. The van der Waals surface area contributed by atoms with Gasteiger partial charge in [0.2, 0.25) is 0 Å². The first-order valence-electron chi connectivity index (χ1n) is 3.29. The molecule has 1 amide bonds. The zero-order valence-electron chi connectivity index (χ0n) is 6.48. The molecule has 0 spiro atoms. The molecule has 0 aliphatic carbocycles. The van der Waals surface area contributed by atoms with Crippen molar-refractivity contribution in [2.24, 2.45) is 0 Å². The Balaban J connectivity index is 2.51. The summed E-state index contributed by atoms with van der Waals surface area (Å²) in [6.45, 7) is 0. The zero-order chi connectivity index (χ0) is 9.19. The maximum atomic E-state index is 10.8. The number of carbonyl (C=O) groups is 1. The molecule has 0 aromatic rings. The number of alkyl carbamates (subject to hydrolysis) is 1. The summed E-state index contributed by atoms with van der Waals surface area (Å²) in [5.74, 6) is -0.0813. The molecule has 0 saturated carbocycles. The Kier molecular flexibility index (Phi) is 2.37. The average molecular weight is 191 g/mol. The van der Waals surface area contributed by atoms with Crippen LogP contribution < -0.4 is 5.32 Å². The minimum atomic E-state index is -3.10. The lowest BCUT2D eigenvalue weighted by atomic mass is 10.3. The van der Waals surface area contributed by atoms with Crippen molar-refractivity contribution < 1.29 is 17.9 Å². The van der Waals surface area contributed by atoms with E-state index in [1.807, 2.05) is 0 Å².